The first-order chi connectivity index (χ1) is 4.15. The van der Waals surface area contributed by atoms with Crippen molar-refractivity contribution in [1.82, 2.24) is 0 Å². The van der Waals surface area contributed by atoms with Gasteiger partial charge in [-0.3, -0.25) is 0 Å². The average molecular weight is 134 g/mol. The van der Waals surface area contributed by atoms with Crippen LogP contribution in [0.4, 0.5) is 0 Å². The molecular weight excluding hydrogens is 116 g/mol. The maximum Gasteiger partial charge on any atom is 0.0483 e. The molecule has 3 nitrogen and oxygen atoms in total. The lowest BCUT2D eigenvalue weighted by molar-refractivity contribution is 0.216. The van der Waals surface area contributed by atoms with Gasteiger partial charge in [0, 0.05) is 6.10 Å². The molecule has 0 aromatic heterocycles. The van der Waals surface area contributed by atoms with E-state index < -0.39 is 0 Å². The second-order valence-corrected chi connectivity index (χ2v) is 2.02. The standard InChI is InChI=1S/C3H10N2.C3H8O/c4-2-1-3-5;1-3(2)4/h1-5H2;3-4H,1-2H3. The summed E-state index contributed by atoms with van der Waals surface area (Å²) in [4.78, 5) is 0. The molecule has 5 N–H and O–H groups in total. The van der Waals surface area contributed by atoms with Crippen LogP contribution in [0.3, 0.4) is 0 Å². The van der Waals surface area contributed by atoms with Crippen LogP contribution >= 0.6 is 0 Å². The van der Waals surface area contributed by atoms with Crippen molar-refractivity contribution in [3.8, 4) is 0 Å². The summed E-state index contributed by atoms with van der Waals surface area (Å²) in [5.74, 6) is 0. The molecule has 0 spiro atoms. The van der Waals surface area contributed by atoms with Crippen LogP contribution in [0.2, 0.25) is 0 Å². The molecule has 58 valence electrons. The lowest BCUT2D eigenvalue weighted by Gasteiger charge is -1.81. The molecule has 0 aliphatic rings. The molecule has 0 saturated heterocycles. The molecule has 0 saturated carbocycles. The fourth-order valence-electron chi connectivity index (χ4n) is 0.118. The molecule has 0 rings (SSSR count). The minimum Gasteiger partial charge on any atom is -0.394 e. The minimum absolute atomic E-state index is 0.167. The Kier molecular flexibility index (Phi) is 14.0. The van der Waals surface area contributed by atoms with Crippen molar-refractivity contribution in [1.29, 1.82) is 0 Å². The van der Waals surface area contributed by atoms with Gasteiger partial charge in [0.05, 0.1) is 0 Å². The largest absolute Gasteiger partial charge is 0.394 e. The molecule has 0 aliphatic heterocycles. The monoisotopic (exact) mass is 134 g/mol. The second-order valence-electron chi connectivity index (χ2n) is 2.02. The van der Waals surface area contributed by atoms with Crippen molar-refractivity contribution in [2.24, 2.45) is 11.5 Å². The van der Waals surface area contributed by atoms with Crippen LogP contribution in [0.1, 0.15) is 20.3 Å². The molecule has 3 heteroatoms. The molecule has 0 amide bonds. The maximum atomic E-state index is 8.06. The number of rotatable bonds is 2. The van der Waals surface area contributed by atoms with E-state index in [0.29, 0.717) is 0 Å². The summed E-state index contributed by atoms with van der Waals surface area (Å²) in [6.07, 6.45) is 0.778. The third-order valence-electron chi connectivity index (χ3n) is 0.408. The molecule has 0 heterocycles. The van der Waals surface area contributed by atoms with Gasteiger partial charge in [-0.15, -0.1) is 0 Å². The number of hydrogen-bond donors (Lipinski definition) is 3. The van der Waals surface area contributed by atoms with Gasteiger partial charge < -0.3 is 16.6 Å². The van der Waals surface area contributed by atoms with Crippen molar-refractivity contribution in [2.45, 2.75) is 26.4 Å². The SMILES string of the molecule is CC(C)O.NCCCN. The van der Waals surface area contributed by atoms with Crippen molar-refractivity contribution in [2.75, 3.05) is 13.1 Å². The molecule has 0 aromatic rings. The molecule has 0 aliphatic carbocycles. The highest BCUT2D eigenvalue weighted by molar-refractivity contribution is 4.33. The van der Waals surface area contributed by atoms with Gasteiger partial charge in [0.1, 0.15) is 0 Å². The van der Waals surface area contributed by atoms with Gasteiger partial charge in [-0.2, -0.15) is 0 Å². The van der Waals surface area contributed by atoms with Gasteiger partial charge in [-0.25, -0.2) is 0 Å². The summed E-state index contributed by atoms with van der Waals surface area (Å²) in [5.41, 5.74) is 10.1. The van der Waals surface area contributed by atoms with E-state index in [-0.39, 0.29) is 6.10 Å². The van der Waals surface area contributed by atoms with Gasteiger partial charge >= 0.3 is 0 Å². The summed E-state index contributed by atoms with van der Waals surface area (Å²) in [6.45, 7) is 4.88. The summed E-state index contributed by atoms with van der Waals surface area (Å²) in [7, 11) is 0. The maximum absolute atomic E-state index is 8.06. The molecular formula is C6H18N2O. The van der Waals surface area contributed by atoms with Crippen molar-refractivity contribution in [3.05, 3.63) is 0 Å². The second kappa shape index (κ2) is 10.8. The Hall–Kier alpha value is -0.120. The zero-order chi connectivity index (χ0) is 7.70. The Labute approximate surface area is 57.0 Å². The van der Waals surface area contributed by atoms with Gasteiger partial charge in [-0.1, -0.05) is 0 Å². The number of hydrogen-bond acceptors (Lipinski definition) is 3. The van der Waals surface area contributed by atoms with Crippen molar-refractivity contribution >= 4 is 0 Å². The van der Waals surface area contributed by atoms with Gasteiger partial charge in [0.15, 0.2) is 0 Å². The van der Waals surface area contributed by atoms with Gasteiger partial charge in [0.25, 0.3) is 0 Å². The van der Waals surface area contributed by atoms with Crippen LogP contribution in [0.15, 0.2) is 0 Å². The fourth-order valence-corrected chi connectivity index (χ4v) is 0.118. The first-order valence-corrected chi connectivity index (χ1v) is 3.23. The molecule has 0 atom stereocenters. The highest BCUT2D eigenvalue weighted by atomic mass is 16.3. The third-order valence-corrected chi connectivity index (χ3v) is 0.408. The molecule has 0 unspecified atom stereocenters. The zero-order valence-corrected chi connectivity index (χ0v) is 6.30. The minimum atomic E-state index is -0.167. The van der Waals surface area contributed by atoms with Crippen molar-refractivity contribution in [3.63, 3.8) is 0 Å². The molecule has 0 fully saturated rings. The zero-order valence-electron chi connectivity index (χ0n) is 6.30. The van der Waals surface area contributed by atoms with Crippen LogP contribution in [-0.4, -0.2) is 24.3 Å². The first-order valence-electron chi connectivity index (χ1n) is 3.23. The molecule has 0 radical (unpaired) electrons. The first kappa shape index (κ1) is 11.6. The van der Waals surface area contributed by atoms with Crippen LogP contribution in [0, 0.1) is 0 Å². The molecule has 0 bridgehead atoms. The van der Waals surface area contributed by atoms with E-state index in [0.717, 1.165) is 19.5 Å². The van der Waals surface area contributed by atoms with Crippen LogP contribution < -0.4 is 11.5 Å². The number of nitrogens with two attached hydrogens (primary N) is 2. The van der Waals surface area contributed by atoms with E-state index >= 15 is 0 Å². The van der Waals surface area contributed by atoms with E-state index in [4.69, 9.17) is 16.6 Å². The molecule has 0 aromatic carbocycles. The Bertz CT molecular complexity index is 35.3. The smallest absolute Gasteiger partial charge is 0.0483 e. The highest BCUT2D eigenvalue weighted by Gasteiger charge is 1.69. The summed E-state index contributed by atoms with van der Waals surface area (Å²) in [5, 5.41) is 8.06. The van der Waals surface area contributed by atoms with E-state index in [9.17, 15) is 0 Å². The Morgan fingerprint density at radius 3 is 1.44 bits per heavy atom. The number of aliphatic hydroxyl groups is 1. The molecule has 9 heavy (non-hydrogen) atoms. The van der Waals surface area contributed by atoms with Gasteiger partial charge in [-0.05, 0) is 33.4 Å². The van der Waals surface area contributed by atoms with Gasteiger partial charge in [0.2, 0.25) is 0 Å². The highest BCUT2D eigenvalue weighted by Crippen LogP contribution is 1.65. The van der Waals surface area contributed by atoms with E-state index in [2.05, 4.69) is 0 Å². The normalized spacial score (nSPS) is 8.67. The lowest BCUT2D eigenvalue weighted by Crippen LogP contribution is -2.06. The Balaban J connectivity index is 0. The Morgan fingerprint density at radius 2 is 1.44 bits per heavy atom. The predicted octanol–water partition coefficient (Wildman–Crippen LogP) is -0.319. The van der Waals surface area contributed by atoms with Crippen LogP contribution in [0.25, 0.3) is 0 Å². The quantitative estimate of drug-likeness (QED) is 0.484. The van der Waals surface area contributed by atoms with Crippen LogP contribution in [0.5, 0.6) is 0 Å². The van der Waals surface area contributed by atoms with E-state index in [1.807, 2.05) is 0 Å². The topological polar surface area (TPSA) is 72.3 Å². The van der Waals surface area contributed by atoms with E-state index in [1.165, 1.54) is 0 Å². The lowest BCUT2D eigenvalue weighted by atomic mass is 10.4. The summed E-state index contributed by atoms with van der Waals surface area (Å²) >= 11 is 0. The Morgan fingerprint density at radius 1 is 1.22 bits per heavy atom. The third kappa shape index (κ3) is 77.1. The number of aliphatic hydroxyl groups excluding tert-OH is 1. The van der Waals surface area contributed by atoms with E-state index in [1.54, 1.807) is 13.8 Å². The summed E-state index contributed by atoms with van der Waals surface area (Å²) in [6, 6.07) is 0. The average Bonchev–Trinajstić information content (AvgIpc) is 1.66. The fraction of sp³-hybridized carbons (Fsp3) is 1.00. The van der Waals surface area contributed by atoms with Crippen molar-refractivity contribution < 1.29 is 5.11 Å². The van der Waals surface area contributed by atoms with Crippen LogP contribution in [-0.2, 0) is 0 Å². The predicted molar refractivity (Wildman–Crippen MR) is 40.1 cm³/mol. The summed E-state index contributed by atoms with van der Waals surface area (Å²) < 4.78 is 0.